The molecule has 0 heterocycles. The molecule has 16 heavy (non-hydrogen) atoms. The minimum absolute atomic E-state index is 0.216. The maximum absolute atomic E-state index is 10.8. The van der Waals surface area contributed by atoms with Gasteiger partial charge < -0.3 is 5.11 Å². The summed E-state index contributed by atoms with van der Waals surface area (Å²) in [6.07, 6.45) is 0. The van der Waals surface area contributed by atoms with E-state index in [0.29, 0.717) is 10.6 Å². The molecule has 0 aliphatic heterocycles. The Kier molecular flexibility index (Phi) is 4.15. The maximum atomic E-state index is 10.8. The highest BCUT2D eigenvalue weighted by molar-refractivity contribution is 7.90. The number of nitrogens with two attached hydrogens (primary N) is 1. The quantitative estimate of drug-likeness (QED) is 0.668. The van der Waals surface area contributed by atoms with E-state index in [-0.39, 0.29) is 12.3 Å². The third-order valence-corrected chi connectivity index (χ3v) is 2.28. The minimum Gasteiger partial charge on any atom is -0.384 e. The van der Waals surface area contributed by atoms with Gasteiger partial charge in [-0.1, -0.05) is 23.4 Å². The van der Waals surface area contributed by atoms with E-state index in [0.717, 1.165) is 0 Å². The van der Waals surface area contributed by atoms with E-state index in [1.165, 1.54) is 18.2 Å². The van der Waals surface area contributed by atoms with E-state index >= 15 is 0 Å². The Morgan fingerprint density at radius 3 is 2.75 bits per heavy atom. The molecule has 0 bridgehead atoms. The van der Waals surface area contributed by atoms with E-state index in [9.17, 15) is 8.42 Å². The number of rotatable bonds is 2. The third-order valence-electron chi connectivity index (χ3n) is 1.54. The molecule has 0 radical (unpaired) electrons. The van der Waals surface area contributed by atoms with Crippen molar-refractivity contribution in [2.45, 2.75) is 0 Å². The Labute approximate surface area is 98.4 Å². The standard InChI is InChI=1S/C9H9ClN2O3S/c10-8-3-4-9(12-16(11,14)15)7(6-8)2-1-5-13/h3-4,6,12-13H,5H2,(H2,11,14,15). The topological polar surface area (TPSA) is 92.4 Å². The van der Waals surface area contributed by atoms with Gasteiger partial charge in [0.1, 0.15) is 6.61 Å². The van der Waals surface area contributed by atoms with Gasteiger partial charge in [0.15, 0.2) is 0 Å². The molecule has 1 aromatic rings. The lowest BCUT2D eigenvalue weighted by molar-refractivity contribution is 0.350. The van der Waals surface area contributed by atoms with Gasteiger partial charge in [0.05, 0.1) is 11.3 Å². The van der Waals surface area contributed by atoms with Gasteiger partial charge in [-0.05, 0) is 18.2 Å². The summed E-state index contributed by atoms with van der Waals surface area (Å²) in [5, 5.41) is 13.8. The third kappa shape index (κ3) is 4.08. The normalized spacial score (nSPS) is 10.4. The molecule has 1 rings (SSSR count). The molecular weight excluding hydrogens is 252 g/mol. The monoisotopic (exact) mass is 260 g/mol. The zero-order valence-corrected chi connectivity index (χ0v) is 9.64. The lowest BCUT2D eigenvalue weighted by atomic mass is 10.2. The van der Waals surface area contributed by atoms with E-state index in [2.05, 4.69) is 16.6 Å². The molecule has 0 aliphatic rings. The fourth-order valence-corrected chi connectivity index (χ4v) is 1.65. The van der Waals surface area contributed by atoms with Crippen LogP contribution in [0.1, 0.15) is 5.56 Å². The van der Waals surface area contributed by atoms with Gasteiger partial charge in [-0.2, -0.15) is 8.42 Å². The molecule has 4 N–H and O–H groups in total. The summed E-state index contributed by atoms with van der Waals surface area (Å²) in [5.74, 6) is 4.95. The first-order chi connectivity index (χ1) is 7.42. The number of hydrogen-bond acceptors (Lipinski definition) is 3. The zero-order valence-electron chi connectivity index (χ0n) is 8.07. The number of anilines is 1. The van der Waals surface area contributed by atoms with Gasteiger partial charge in [-0.3, -0.25) is 4.72 Å². The summed E-state index contributed by atoms with van der Waals surface area (Å²) >= 11 is 5.73. The van der Waals surface area contributed by atoms with Crippen LogP contribution in [-0.2, 0) is 10.2 Å². The van der Waals surface area contributed by atoms with E-state index in [1.54, 1.807) is 0 Å². The molecular formula is C9H9ClN2O3S. The molecule has 5 nitrogen and oxygen atoms in total. The van der Waals surface area contributed by atoms with Crippen LogP contribution in [0.5, 0.6) is 0 Å². The molecule has 0 unspecified atom stereocenters. The summed E-state index contributed by atoms with van der Waals surface area (Å²) in [6, 6.07) is 4.41. The molecule has 7 heteroatoms. The smallest absolute Gasteiger partial charge is 0.296 e. The molecule has 1 aromatic carbocycles. The largest absolute Gasteiger partial charge is 0.384 e. The van der Waals surface area contributed by atoms with Crippen LogP contribution in [0.25, 0.3) is 0 Å². The van der Waals surface area contributed by atoms with Crippen LogP contribution in [0.15, 0.2) is 18.2 Å². The first-order valence-electron chi connectivity index (χ1n) is 4.12. The molecule has 0 amide bonds. The minimum atomic E-state index is -3.86. The highest BCUT2D eigenvalue weighted by Gasteiger charge is 2.06. The van der Waals surface area contributed by atoms with Gasteiger partial charge in [0, 0.05) is 5.02 Å². The first kappa shape index (κ1) is 12.8. The Balaban J connectivity index is 3.17. The van der Waals surface area contributed by atoms with Crippen LogP contribution in [-0.4, -0.2) is 20.1 Å². The summed E-state index contributed by atoms with van der Waals surface area (Å²) in [4.78, 5) is 0. The molecule has 0 aliphatic carbocycles. The molecule has 0 spiro atoms. The molecule has 0 aromatic heterocycles. The lowest BCUT2D eigenvalue weighted by Crippen LogP contribution is -2.22. The second-order valence-electron chi connectivity index (χ2n) is 2.80. The van der Waals surface area contributed by atoms with Crippen molar-refractivity contribution in [1.82, 2.24) is 0 Å². The van der Waals surface area contributed by atoms with Crippen molar-refractivity contribution in [3.63, 3.8) is 0 Å². The fourth-order valence-electron chi connectivity index (χ4n) is 0.997. The SMILES string of the molecule is NS(=O)(=O)Nc1ccc(Cl)cc1C#CCO. The van der Waals surface area contributed by atoms with E-state index < -0.39 is 10.2 Å². The van der Waals surface area contributed by atoms with Crippen molar-refractivity contribution in [2.75, 3.05) is 11.3 Å². The van der Waals surface area contributed by atoms with Crippen LogP contribution < -0.4 is 9.86 Å². The van der Waals surface area contributed by atoms with Crippen molar-refractivity contribution in [3.05, 3.63) is 28.8 Å². The Morgan fingerprint density at radius 2 is 2.19 bits per heavy atom. The maximum Gasteiger partial charge on any atom is 0.296 e. The molecule has 0 fully saturated rings. The molecule has 0 saturated carbocycles. The van der Waals surface area contributed by atoms with Crippen molar-refractivity contribution in [2.24, 2.45) is 5.14 Å². The average molecular weight is 261 g/mol. The van der Waals surface area contributed by atoms with Gasteiger partial charge >= 0.3 is 0 Å². The zero-order chi connectivity index (χ0) is 12.2. The molecule has 0 atom stereocenters. The summed E-state index contributed by atoms with van der Waals surface area (Å²) < 4.78 is 23.8. The van der Waals surface area contributed by atoms with Gasteiger partial charge in [0.25, 0.3) is 10.2 Å². The van der Waals surface area contributed by atoms with Crippen LogP contribution in [0.4, 0.5) is 5.69 Å². The number of aliphatic hydroxyl groups is 1. The van der Waals surface area contributed by atoms with Gasteiger partial charge in [-0.25, -0.2) is 5.14 Å². The van der Waals surface area contributed by atoms with E-state index in [4.69, 9.17) is 21.8 Å². The second-order valence-corrected chi connectivity index (χ2v) is 4.53. The predicted octanol–water partition coefficient (Wildman–Crippen LogP) is 0.299. The van der Waals surface area contributed by atoms with Crippen molar-refractivity contribution >= 4 is 27.5 Å². The van der Waals surface area contributed by atoms with E-state index in [1.807, 2.05) is 0 Å². The highest BCUT2D eigenvalue weighted by Crippen LogP contribution is 2.20. The molecule has 86 valence electrons. The first-order valence-corrected chi connectivity index (χ1v) is 6.04. The number of nitrogens with one attached hydrogen (secondary N) is 1. The van der Waals surface area contributed by atoms with Crippen LogP contribution in [0.2, 0.25) is 5.02 Å². The second kappa shape index (κ2) is 5.18. The number of benzene rings is 1. The van der Waals surface area contributed by atoms with Gasteiger partial charge in [-0.15, -0.1) is 0 Å². The number of hydrogen-bond donors (Lipinski definition) is 3. The Bertz CT molecular complexity index is 546. The van der Waals surface area contributed by atoms with Crippen LogP contribution in [0.3, 0.4) is 0 Å². The average Bonchev–Trinajstić information content (AvgIpc) is 2.16. The van der Waals surface area contributed by atoms with Crippen molar-refractivity contribution in [3.8, 4) is 11.8 Å². The summed E-state index contributed by atoms with van der Waals surface area (Å²) in [5.41, 5.74) is 0.559. The Hall–Kier alpha value is -1.26. The molecule has 0 saturated heterocycles. The summed E-state index contributed by atoms with van der Waals surface area (Å²) in [6.45, 7) is -0.332. The van der Waals surface area contributed by atoms with Gasteiger partial charge in [0.2, 0.25) is 0 Å². The van der Waals surface area contributed by atoms with Crippen molar-refractivity contribution in [1.29, 1.82) is 0 Å². The van der Waals surface area contributed by atoms with Crippen molar-refractivity contribution < 1.29 is 13.5 Å². The number of aliphatic hydroxyl groups excluding tert-OH is 1. The fraction of sp³-hybridized carbons (Fsp3) is 0.111. The predicted molar refractivity (Wildman–Crippen MR) is 62.1 cm³/mol. The van der Waals surface area contributed by atoms with Crippen LogP contribution >= 0.6 is 11.6 Å². The summed E-state index contributed by atoms with van der Waals surface area (Å²) in [7, 11) is -3.86. The van der Waals surface area contributed by atoms with Crippen LogP contribution in [0, 0.1) is 11.8 Å². The highest BCUT2D eigenvalue weighted by atomic mass is 35.5. The lowest BCUT2D eigenvalue weighted by Gasteiger charge is -2.06. The Morgan fingerprint density at radius 1 is 1.50 bits per heavy atom. The number of halogens is 1.